The Bertz CT molecular complexity index is 3490. The molecule has 0 aliphatic rings. The summed E-state index contributed by atoms with van der Waals surface area (Å²) in [5.41, 5.74) is 11.4. The second kappa shape index (κ2) is 14.7. The van der Waals surface area contributed by atoms with Crippen LogP contribution in [-0.2, 0) is 0 Å². The second-order valence-electron chi connectivity index (χ2n) is 14.2. The Morgan fingerprint density at radius 3 is 1.86 bits per heavy atom. The number of fused-ring (bicyclic) bond motifs is 7. The number of furan rings is 2. The Morgan fingerprint density at radius 2 is 1.08 bits per heavy atom. The minimum atomic E-state index is 0.539. The number of aromatic nitrogens is 4. The van der Waals surface area contributed by atoms with Gasteiger partial charge in [0, 0.05) is 49.0 Å². The lowest BCUT2D eigenvalue weighted by Crippen LogP contribution is -2.18. The van der Waals surface area contributed by atoms with Crippen molar-refractivity contribution in [3.63, 3.8) is 0 Å². The first-order valence-electron chi connectivity index (χ1n) is 20.2. The van der Waals surface area contributed by atoms with E-state index < -0.39 is 0 Å². The van der Waals surface area contributed by atoms with Gasteiger partial charge in [-0.05, 0) is 85.6 Å². The lowest BCUT2D eigenvalue weighted by molar-refractivity contribution is 0.575. The van der Waals surface area contributed by atoms with E-state index in [1.807, 2.05) is 88.4 Å². The fourth-order valence-corrected chi connectivity index (χ4v) is 8.38. The molecule has 284 valence electrons. The average molecular weight is 765 g/mol. The van der Waals surface area contributed by atoms with E-state index in [2.05, 4.69) is 114 Å². The van der Waals surface area contributed by atoms with Gasteiger partial charge in [-0.2, -0.15) is 0 Å². The van der Waals surface area contributed by atoms with Gasteiger partial charge >= 0.3 is 0 Å². The lowest BCUT2D eigenvalue weighted by Gasteiger charge is -2.10. The van der Waals surface area contributed by atoms with Gasteiger partial charge in [-0.3, -0.25) is 0 Å². The van der Waals surface area contributed by atoms with E-state index in [4.69, 9.17) is 23.8 Å². The number of benzene rings is 7. The lowest BCUT2D eigenvalue weighted by atomic mass is 9.99. The van der Waals surface area contributed by atoms with Gasteiger partial charge in [0.25, 0.3) is 0 Å². The molecule has 0 atom stereocenters. The summed E-state index contributed by atoms with van der Waals surface area (Å²) in [6, 6.07) is 54.7. The predicted molar refractivity (Wildman–Crippen MR) is 244 cm³/mol. The second-order valence-corrected chi connectivity index (χ2v) is 14.2. The van der Waals surface area contributed by atoms with Crippen LogP contribution in [0.3, 0.4) is 0 Å². The monoisotopic (exact) mass is 764 g/mol. The Labute approximate surface area is 341 Å². The van der Waals surface area contributed by atoms with Crippen molar-refractivity contribution in [2.45, 2.75) is 27.7 Å². The van der Waals surface area contributed by atoms with Crippen LogP contribution < -0.4 is 10.6 Å². The summed E-state index contributed by atoms with van der Waals surface area (Å²) < 4.78 is 15.3. The molecule has 11 rings (SSSR count). The normalized spacial score (nSPS) is 12.3. The number of para-hydroxylation sites is 3. The van der Waals surface area contributed by atoms with Gasteiger partial charge in [0.05, 0.1) is 16.6 Å². The molecule has 0 aliphatic heterocycles. The molecule has 0 aliphatic carbocycles. The minimum absolute atomic E-state index is 0.539. The molecule has 7 aromatic carbocycles. The number of hydrogen-bond donors (Lipinski definition) is 0. The third kappa shape index (κ3) is 5.91. The van der Waals surface area contributed by atoms with Crippen molar-refractivity contribution < 1.29 is 8.83 Å². The van der Waals surface area contributed by atoms with Crippen molar-refractivity contribution in [3.05, 3.63) is 168 Å². The van der Waals surface area contributed by atoms with Gasteiger partial charge in [-0.1, -0.05) is 123 Å². The quantitative estimate of drug-likeness (QED) is 0.175. The first-order valence-corrected chi connectivity index (χ1v) is 20.2. The maximum absolute atomic E-state index is 6.52. The topological polar surface area (TPSA) is 69.9 Å². The van der Waals surface area contributed by atoms with Crippen LogP contribution in [0.4, 0.5) is 0 Å². The van der Waals surface area contributed by atoms with Gasteiger partial charge in [0.15, 0.2) is 17.5 Å². The number of hydrogen-bond acceptors (Lipinski definition) is 5. The van der Waals surface area contributed by atoms with Gasteiger partial charge in [-0.15, -0.1) is 0 Å². The highest BCUT2D eigenvalue weighted by Crippen LogP contribution is 2.40. The van der Waals surface area contributed by atoms with Gasteiger partial charge in [0.2, 0.25) is 0 Å². The number of rotatable bonds is 5. The minimum Gasteiger partial charge on any atom is -0.456 e. The Balaban J connectivity index is 0.00000207. The summed E-state index contributed by atoms with van der Waals surface area (Å²) in [4.78, 5) is 15.4. The molecule has 0 radical (unpaired) electrons. The zero-order valence-electron chi connectivity index (χ0n) is 33.3. The highest BCUT2D eigenvalue weighted by Gasteiger charge is 2.21. The molecule has 11 aromatic rings. The maximum atomic E-state index is 6.52. The summed E-state index contributed by atoms with van der Waals surface area (Å²) in [5.74, 6) is 1.68. The molecule has 6 heteroatoms. The van der Waals surface area contributed by atoms with E-state index in [1.165, 1.54) is 21.8 Å². The van der Waals surface area contributed by atoms with E-state index in [9.17, 15) is 0 Å². The molecule has 0 bridgehead atoms. The van der Waals surface area contributed by atoms with Crippen LogP contribution in [0.2, 0.25) is 0 Å². The molecule has 6 nitrogen and oxygen atoms in total. The molecular formula is C53H40N4O2. The van der Waals surface area contributed by atoms with Crippen molar-refractivity contribution in [3.8, 4) is 51.0 Å². The predicted octanol–water partition coefficient (Wildman–Crippen LogP) is 12.9. The molecule has 4 heterocycles. The Morgan fingerprint density at radius 1 is 0.458 bits per heavy atom. The van der Waals surface area contributed by atoms with Crippen molar-refractivity contribution >= 4 is 66.9 Å². The van der Waals surface area contributed by atoms with Crippen molar-refractivity contribution in [2.24, 2.45) is 0 Å². The third-order valence-corrected chi connectivity index (χ3v) is 11.0. The van der Waals surface area contributed by atoms with Crippen molar-refractivity contribution in [1.82, 2.24) is 19.5 Å². The molecule has 0 N–H and O–H groups in total. The molecule has 0 saturated carbocycles. The highest BCUT2D eigenvalue weighted by atomic mass is 16.3. The van der Waals surface area contributed by atoms with Crippen LogP contribution >= 0.6 is 0 Å². The largest absolute Gasteiger partial charge is 0.456 e. The highest BCUT2D eigenvalue weighted by molar-refractivity contribution is 6.14. The van der Waals surface area contributed by atoms with Crippen LogP contribution in [0.25, 0.3) is 118 Å². The zero-order chi connectivity index (χ0) is 40.0. The third-order valence-electron chi connectivity index (χ3n) is 11.0. The fourth-order valence-electron chi connectivity index (χ4n) is 8.38. The standard InChI is InChI=1S/C51H34N4O2.C2H6/c1-3-35-37-20-13-22-39(48(37)57-44(35)4-2)51-53-49(31-15-7-5-8-16-31)52-50(54-51)38-21-14-24-46-47(38)41-30-33(26-28-45(41)56-46)32-25-27-43-40(29-32)36-19-11-12-23-42(36)55(43)34-17-9-6-10-18-34;1-2/h3-30H,1-2H3;1-2H3/b35-3-,44-4+;. The van der Waals surface area contributed by atoms with Crippen molar-refractivity contribution in [1.29, 1.82) is 0 Å². The van der Waals surface area contributed by atoms with E-state index in [-0.39, 0.29) is 0 Å². The van der Waals surface area contributed by atoms with Crippen LogP contribution in [0.15, 0.2) is 167 Å². The van der Waals surface area contributed by atoms with Crippen molar-refractivity contribution in [2.75, 3.05) is 0 Å². The maximum Gasteiger partial charge on any atom is 0.167 e. The van der Waals surface area contributed by atoms with E-state index in [0.29, 0.717) is 17.5 Å². The van der Waals surface area contributed by atoms with Gasteiger partial charge < -0.3 is 13.4 Å². The van der Waals surface area contributed by atoms with E-state index in [1.54, 1.807) is 0 Å². The Hall–Kier alpha value is -7.57. The summed E-state index contributed by atoms with van der Waals surface area (Å²) in [7, 11) is 0. The number of nitrogens with zero attached hydrogens (tertiary/aromatic N) is 4. The first kappa shape index (κ1) is 35.8. The average Bonchev–Trinajstić information content (AvgIpc) is 3.99. The Kier molecular flexibility index (Phi) is 8.95. The molecule has 0 saturated heterocycles. The van der Waals surface area contributed by atoms with Gasteiger partial charge in [0.1, 0.15) is 22.2 Å². The first-order chi connectivity index (χ1) is 29.2. The molecule has 59 heavy (non-hydrogen) atoms. The van der Waals surface area contributed by atoms with E-state index >= 15 is 0 Å². The summed E-state index contributed by atoms with van der Waals surface area (Å²) in [6.45, 7) is 8.02. The summed E-state index contributed by atoms with van der Waals surface area (Å²) in [5, 5.41) is 6.44. The van der Waals surface area contributed by atoms with E-state index in [0.717, 1.165) is 77.0 Å². The molecule has 0 amide bonds. The summed E-state index contributed by atoms with van der Waals surface area (Å²) >= 11 is 0. The molecule has 0 fully saturated rings. The molecule has 0 spiro atoms. The SMILES string of the molecule is C/C=c1\c(=C/C)oc2c(-c3nc(-c4ccccc4)nc(-c4cccc5oc6ccc(-c7ccc8c(c7)c7ccccc7n8-c7ccccc7)cc6c45)n3)cccc12.CC. The molecular weight excluding hydrogens is 725 g/mol. The zero-order valence-corrected chi connectivity index (χ0v) is 33.3. The van der Waals surface area contributed by atoms with Crippen LogP contribution in [0.5, 0.6) is 0 Å². The fraction of sp³-hybridized carbons (Fsp3) is 0.0755. The van der Waals surface area contributed by atoms with Gasteiger partial charge in [-0.25, -0.2) is 15.0 Å². The molecule has 0 unspecified atom stereocenters. The summed E-state index contributed by atoms with van der Waals surface area (Å²) in [6.07, 6.45) is 4.08. The van der Waals surface area contributed by atoms with Crippen LogP contribution in [0, 0.1) is 0 Å². The smallest absolute Gasteiger partial charge is 0.167 e. The molecule has 4 aromatic heterocycles. The van der Waals surface area contributed by atoms with Crippen LogP contribution in [-0.4, -0.2) is 19.5 Å². The van der Waals surface area contributed by atoms with Crippen LogP contribution in [0.1, 0.15) is 27.7 Å².